The van der Waals surface area contributed by atoms with Gasteiger partial charge in [-0.1, -0.05) is 96.5 Å². The predicted octanol–water partition coefficient (Wildman–Crippen LogP) is 3.85. The van der Waals surface area contributed by atoms with E-state index in [1.807, 2.05) is 0 Å². The summed E-state index contributed by atoms with van der Waals surface area (Å²) in [5.74, 6) is 0. The zero-order valence-electron chi connectivity index (χ0n) is 16.0. The van der Waals surface area contributed by atoms with E-state index < -0.39 is 0 Å². The Labute approximate surface area is 157 Å². The highest BCUT2D eigenvalue weighted by molar-refractivity contribution is 4.83. The van der Waals surface area contributed by atoms with Crippen molar-refractivity contribution < 1.29 is 17.0 Å². The van der Waals surface area contributed by atoms with Crippen molar-refractivity contribution in [2.24, 2.45) is 0 Å². The van der Waals surface area contributed by atoms with E-state index >= 15 is 0 Å². The fraction of sp³-hybridized carbons (Fsp3) is 0.773. The molecule has 0 fully saturated rings. The van der Waals surface area contributed by atoms with Crippen LogP contribution in [-0.4, -0.2) is 0 Å². The van der Waals surface area contributed by atoms with Gasteiger partial charge in [0.1, 0.15) is 6.54 Å². The van der Waals surface area contributed by atoms with Gasteiger partial charge in [-0.15, -0.1) is 0 Å². The van der Waals surface area contributed by atoms with Crippen molar-refractivity contribution in [1.82, 2.24) is 0 Å². The van der Waals surface area contributed by atoms with Gasteiger partial charge in [-0.3, -0.25) is 0 Å². The van der Waals surface area contributed by atoms with E-state index in [-0.39, 0.29) is 12.4 Å². The number of hydrogen-bond donors (Lipinski definition) is 0. The van der Waals surface area contributed by atoms with Gasteiger partial charge >= 0.3 is 0 Å². The van der Waals surface area contributed by atoms with E-state index in [2.05, 4.69) is 42.1 Å². The molecule has 0 atom stereocenters. The first kappa shape index (κ1) is 23.4. The third-order valence-corrected chi connectivity index (χ3v) is 4.80. The van der Waals surface area contributed by atoms with Crippen molar-refractivity contribution in [2.75, 3.05) is 0 Å². The maximum Gasteiger partial charge on any atom is 0.168 e. The van der Waals surface area contributed by atoms with Crippen LogP contribution < -0.4 is 17.0 Å². The second kappa shape index (κ2) is 18.8. The number of nitrogens with zero attached hydrogens (tertiary/aromatic N) is 1. The lowest BCUT2D eigenvalue weighted by molar-refractivity contribution is -0.697. The Morgan fingerprint density at radius 1 is 0.500 bits per heavy atom. The van der Waals surface area contributed by atoms with Crippen molar-refractivity contribution in [3.05, 3.63) is 30.6 Å². The van der Waals surface area contributed by atoms with Crippen LogP contribution in [0.25, 0.3) is 0 Å². The number of pyridine rings is 1. The fourth-order valence-electron chi connectivity index (χ4n) is 3.25. The van der Waals surface area contributed by atoms with Gasteiger partial charge in [-0.25, -0.2) is 4.57 Å². The molecule has 1 heterocycles. The molecule has 0 spiro atoms. The molecule has 0 saturated heterocycles. The summed E-state index contributed by atoms with van der Waals surface area (Å²) in [5, 5.41) is 0. The normalized spacial score (nSPS) is 10.5. The minimum absolute atomic E-state index is 0. The highest BCUT2D eigenvalue weighted by Gasteiger charge is 1.98. The summed E-state index contributed by atoms with van der Waals surface area (Å²) in [7, 11) is 0. The number of halogens is 1. The molecule has 0 aliphatic carbocycles. The van der Waals surface area contributed by atoms with E-state index in [9.17, 15) is 0 Å². The van der Waals surface area contributed by atoms with Gasteiger partial charge in [0.2, 0.25) is 0 Å². The van der Waals surface area contributed by atoms with E-state index in [0.717, 1.165) is 0 Å². The standard InChI is InChI=1S/C22H40N.ClH/c1-2-3-4-5-6-7-8-9-10-11-12-13-14-15-17-20-23-21-18-16-19-22-23;/h16,18-19,21-22H,2-15,17,20H2,1H3;1H/q+1;/p-1. The van der Waals surface area contributed by atoms with Crippen LogP contribution in [0.2, 0.25) is 0 Å². The van der Waals surface area contributed by atoms with Crippen LogP contribution in [0.5, 0.6) is 0 Å². The maximum atomic E-state index is 2.29. The minimum Gasteiger partial charge on any atom is -1.00 e. The average molecular weight is 354 g/mol. The molecule has 0 amide bonds. The highest BCUT2D eigenvalue weighted by Crippen LogP contribution is 2.13. The van der Waals surface area contributed by atoms with Gasteiger partial charge in [0.25, 0.3) is 0 Å². The third kappa shape index (κ3) is 15.0. The van der Waals surface area contributed by atoms with Gasteiger partial charge in [0.15, 0.2) is 12.4 Å². The van der Waals surface area contributed by atoms with Crippen molar-refractivity contribution in [2.45, 2.75) is 110 Å². The van der Waals surface area contributed by atoms with Crippen molar-refractivity contribution in [1.29, 1.82) is 0 Å². The molecule has 0 radical (unpaired) electrons. The van der Waals surface area contributed by atoms with Crippen molar-refractivity contribution in [3.63, 3.8) is 0 Å². The van der Waals surface area contributed by atoms with Crippen LogP contribution >= 0.6 is 0 Å². The number of hydrogen-bond acceptors (Lipinski definition) is 0. The zero-order valence-corrected chi connectivity index (χ0v) is 16.8. The monoisotopic (exact) mass is 353 g/mol. The molecule has 1 rings (SSSR count). The summed E-state index contributed by atoms with van der Waals surface area (Å²) in [5.41, 5.74) is 0. The molecule has 1 nitrogen and oxygen atoms in total. The molecule has 1 aromatic heterocycles. The predicted molar refractivity (Wildman–Crippen MR) is 102 cm³/mol. The first-order valence-corrected chi connectivity index (χ1v) is 10.4. The SMILES string of the molecule is CCCCCCCCCCCCCCCCC[n+]1ccccc1.[Cl-]. The Hall–Kier alpha value is -0.560. The summed E-state index contributed by atoms with van der Waals surface area (Å²) < 4.78 is 2.29. The quantitative estimate of drug-likeness (QED) is 0.314. The molecular formula is C22H40ClN. The smallest absolute Gasteiger partial charge is 0.168 e. The van der Waals surface area contributed by atoms with Crippen LogP contribution in [0.1, 0.15) is 103 Å². The molecule has 140 valence electrons. The Morgan fingerprint density at radius 2 is 0.875 bits per heavy atom. The van der Waals surface area contributed by atoms with Crippen LogP contribution in [-0.2, 0) is 6.54 Å². The van der Waals surface area contributed by atoms with Crippen LogP contribution in [0.3, 0.4) is 0 Å². The zero-order chi connectivity index (χ0) is 16.4. The van der Waals surface area contributed by atoms with Gasteiger partial charge in [-0.2, -0.15) is 0 Å². The molecule has 0 bridgehead atoms. The molecule has 1 aromatic rings. The number of aryl methyl sites for hydroxylation is 1. The van der Waals surface area contributed by atoms with Gasteiger partial charge < -0.3 is 12.4 Å². The summed E-state index contributed by atoms with van der Waals surface area (Å²) in [4.78, 5) is 0. The summed E-state index contributed by atoms with van der Waals surface area (Å²) in [6, 6.07) is 6.32. The summed E-state index contributed by atoms with van der Waals surface area (Å²) in [6.45, 7) is 3.47. The first-order chi connectivity index (χ1) is 11.4. The molecule has 0 saturated carbocycles. The highest BCUT2D eigenvalue weighted by atomic mass is 35.5. The minimum atomic E-state index is 0. The third-order valence-electron chi connectivity index (χ3n) is 4.80. The van der Waals surface area contributed by atoms with E-state index in [1.54, 1.807) is 0 Å². The molecule has 0 aliphatic heterocycles. The molecule has 0 aromatic carbocycles. The average Bonchev–Trinajstić information content (AvgIpc) is 2.59. The van der Waals surface area contributed by atoms with Gasteiger partial charge in [-0.05, 0) is 6.42 Å². The lowest BCUT2D eigenvalue weighted by Crippen LogP contribution is -3.00. The van der Waals surface area contributed by atoms with E-state index in [0.29, 0.717) is 0 Å². The Balaban J connectivity index is 0.00000529. The molecular weight excluding hydrogens is 314 g/mol. The van der Waals surface area contributed by atoms with Gasteiger partial charge in [0, 0.05) is 18.6 Å². The molecule has 2 heteroatoms. The number of unbranched alkanes of at least 4 members (excludes halogenated alkanes) is 14. The lowest BCUT2D eigenvalue weighted by atomic mass is 10.0. The maximum absolute atomic E-state index is 2.29. The molecule has 0 aliphatic rings. The summed E-state index contributed by atoms with van der Waals surface area (Å²) >= 11 is 0. The Bertz CT molecular complexity index is 339. The molecule has 24 heavy (non-hydrogen) atoms. The fourth-order valence-corrected chi connectivity index (χ4v) is 3.25. The largest absolute Gasteiger partial charge is 1.00 e. The van der Waals surface area contributed by atoms with E-state index in [4.69, 9.17) is 0 Å². The van der Waals surface area contributed by atoms with Crippen LogP contribution in [0.15, 0.2) is 30.6 Å². The van der Waals surface area contributed by atoms with Crippen molar-refractivity contribution >= 4 is 0 Å². The van der Waals surface area contributed by atoms with Crippen molar-refractivity contribution in [3.8, 4) is 0 Å². The lowest BCUT2D eigenvalue weighted by Gasteiger charge is -2.03. The topological polar surface area (TPSA) is 3.88 Å². The summed E-state index contributed by atoms with van der Waals surface area (Å²) in [6.07, 6.45) is 25.9. The number of aromatic nitrogens is 1. The van der Waals surface area contributed by atoms with Crippen LogP contribution in [0.4, 0.5) is 0 Å². The van der Waals surface area contributed by atoms with Crippen LogP contribution in [0, 0.1) is 0 Å². The second-order valence-electron chi connectivity index (χ2n) is 7.06. The first-order valence-electron chi connectivity index (χ1n) is 10.4. The Morgan fingerprint density at radius 3 is 1.29 bits per heavy atom. The van der Waals surface area contributed by atoms with Gasteiger partial charge in [0.05, 0.1) is 0 Å². The number of rotatable bonds is 16. The molecule has 0 N–H and O–H groups in total. The van der Waals surface area contributed by atoms with E-state index in [1.165, 1.54) is 103 Å². The second-order valence-corrected chi connectivity index (χ2v) is 7.06. The Kier molecular flexibility index (Phi) is 18.3. The molecule has 0 unspecified atom stereocenters.